The lowest BCUT2D eigenvalue weighted by Crippen LogP contribution is -2.42. The van der Waals surface area contributed by atoms with Gasteiger partial charge in [-0.15, -0.1) is 0 Å². The third-order valence-electron chi connectivity index (χ3n) is 2.86. The Hall–Kier alpha value is -1.56. The number of nitrogens with one attached hydrogen (secondary N) is 1. The fourth-order valence-corrected chi connectivity index (χ4v) is 2.19. The molecule has 1 aromatic rings. The van der Waals surface area contributed by atoms with Crippen molar-refractivity contribution in [2.45, 2.75) is 46.3 Å². The highest BCUT2D eigenvalue weighted by molar-refractivity contribution is 5.97. The normalized spacial score (nSPS) is 14.4. The molecular formula is C13H24N4O2. The predicted molar refractivity (Wildman–Crippen MR) is 74.7 cm³/mol. The number of amides is 1. The smallest absolute Gasteiger partial charge is 0.271 e. The molecule has 0 saturated carbocycles. The van der Waals surface area contributed by atoms with Crippen LogP contribution in [0.4, 0.5) is 5.69 Å². The molecule has 1 rings (SSSR count). The highest BCUT2D eigenvalue weighted by Crippen LogP contribution is 2.16. The highest BCUT2D eigenvalue weighted by atomic mass is 16.3. The topological polar surface area (TPSA) is 93.2 Å². The molecule has 108 valence electrons. The zero-order valence-electron chi connectivity index (χ0n) is 12.1. The van der Waals surface area contributed by atoms with Crippen LogP contribution in [0.3, 0.4) is 0 Å². The van der Waals surface area contributed by atoms with Gasteiger partial charge in [0.2, 0.25) is 0 Å². The molecule has 4 N–H and O–H groups in total. The van der Waals surface area contributed by atoms with Crippen LogP contribution in [0.2, 0.25) is 0 Å². The second-order valence-corrected chi connectivity index (χ2v) is 5.54. The van der Waals surface area contributed by atoms with E-state index in [4.69, 9.17) is 5.73 Å². The fourth-order valence-electron chi connectivity index (χ4n) is 2.19. The van der Waals surface area contributed by atoms with E-state index in [1.165, 1.54) is 6.20 Å². The summed E-state index contributed by atoms with van der Waals surface area (Å²) in [5.74, 6) is 0.0547. The molecule has 0 bridgehead atoms. The van der Waals surface area contributed by atoms with Gasteiger partial charge in [-0.3, -0.25) is 9.48 Å². The van der Waals surface area contributed by atoms with Crippen molar-refractivity contribution in [1.82, 2.24) is 15.1 Å². The van der Waals surface area contributed by atoms with Crippen LogP contribution in [0.15, 0.2) is 6.20 Å². The van der Waals surface area contributed by atoms with Crippen molar-refractivity contribution < 1.29 is 9.90 Å². The van der Waals surface area contributed by atoms with E-state index in [2.05, 4.69) is 10.4 Å². The number of nitrogens with zero attached hydrogens (tertiary/aromatic N) is 2. The molecule has 1 amide bonds. The van der Waals surface area contributed by atoms with Gasteiger partial charge in [-0.2, -0.15) is 5.10 Å². The van der Waals surface area contributed by atoms with Crippen LogP contribution in [0.5, 0.6) is 0 Å². The molecule has 0 fully saturated rings. The summed E-state index contributed by atoms with van der Waals surface area (Å²) in [7, 11) is 0. The lowest BCUT2D eigenvalue weighted by molar-refractivity contribution is 0.0366. The lowest BCUT2D eigenvalue weighted by Gasteiger charge is -2.25. The number of hydrogen-bond acceptors (Lipinski definition) is 4. The van der Waals surface area contributed by atoms with Crippen LogP contribution in [-0.2, 0) is 6.54 Å². The maximum Gasteiger partial charge on any atom is 0.271 e. The molecule has 0 aliphatic carbocycles. The average molecular weight is 268 g/mol. The van der Waals surface area contributed by atoms with Gasteiger partial charge in [0.05, 0.1) is 17.5 Å². The number of aryl methyl sites for hydroxylation is 1. The number of aliphatic hydroxyl groups is 1. The summed E-state index contributed by atoms with van der Waals surface area (Å²) in [6, 6.07) is 0. The summed E-state index contributed by atoms with van der Waals surface area (Å²) in [6.45, 7) is 8.42. The zero-order chi connectivity index (χ0) is 14.6. The Morgan fingerprint density at radius 1 is 1.63 bits per heavy atom. The highest BCUT2D eigenvalue weighted by Gasteiger charge is 2.24. The molecule has 0 radical (unpaired) electrons. The van der Waals surface area contributed by atoms with Gasteiger partial charge in [-0.25, -0.2) is 0 Å². The molecule has 1 heterocycles. The van der Waals surface area contributed by atoms with E-state index in [0.717, 1.165) is 0 Å². The molecule has 19 heavy (non-hydrogen) atoms. The number of carbonyl (C=O) groups excluding carboxylic acids is 1. The predicted octanol–water partition coefficient (Wildman–Crippen LogP) is 1.01. The number of anilines is 1. The van der Waals surface area contributed by atoms with E-state index < -0.39 is 5.60 Å². The van der Waals surface area contributed by atoms with Gasteiger partial charge in [0, 0.05) is 13.1 Å². The van der Waals surface area contributed by atoms with E-state index in [0.29, 0.717) is 30.3 Å². The Balaban J connectivity index is 2.68. The lowest BCUT2D eigenvalue weighted by atomic mass is 9.94. The zero-order valence-corrected chi connectivity index (χ0v) is 12.1. The first-order chi connectivity index (χ1) is 8.76. The van der Waals surface area contributed by atoms with E-state index >= 15 is 0 Å². The van der Waals surface area contributed by atoms with Crippen LogP contribution in [-0.4, -0.2) is 32.9 Å². The van der Waals surface area contributed by atoms with Gasteiger partial charge in [0.15, 0.2) is 0 Å². The van der Waals surface area contributed by atoms with Crippen LogP contribution < -0.4 is 11.1 Å². The summed E-state index contributed by atoms with van der Waals surface area (Å²) >= 11 is 0. The maximum atomic E-state index is 12.1. The fraction of sp³-hybridized carbons (Fsp3) is 0.692. The number of hydrogen-bond donors (Lipinski definition) is 3. The Bertz CT molecular complexity index is 438. The molecule has 6 heteroatoms. The molecule has 1 unspecified atom stereocenters. The Kier molecular flexibility index (Phi) is 4.94. The molecule has 0 aliphatic heterocycles. The van der Waals surface area contributed by atoms with Crippen molar-refractivity contribution in [3.05, 3.63) is 11.9 Å². The molecule has 6 nitrogen and oxygen atoms in total. The molecule has 0 aliphatic rings. The van der Waals surface area contributed by atoms with Gasteiger partial charge in [0.25, 0.3) is 5.91 Å². The minimum Gasteiger partial charge on any atom is -0.396 e. The van der Waals surface area contributed by atoms with Crippen molar-refractivity contribution in [2.24, 2.45) is 5.92 Å². The van der Waals surface area contributed by atoms with Crippen molar-refractivity contribution >= 4 is 11.6 Å². The second-order valence-electron chi connectivity index (χ2n) is 5.54. The minimum absolute atomic E-state index is 0.193. The number of nitrogens with two attached hydrogens (primary N) is 1. The van der Waals surface area contributed by atoms with Gasteiger partial charge >= 0.3 is 0 Å². The summed E-state index contributed by atoms with van der Waals surface area (Å²) in [4.78, 5) is 12.1. The summed E-state index contributed by atoms with van der Waals surface area (Å²) in [5.41, 5.74) is 5.51. The Morgan fingerprint density at radius 3 is 2.79 bits per heavy atom. The minimum atomic E-state index is -0.921. The van der Waals surface area contributed by atoms with Crippen molar-refractivity contribution in [3.63, 3.8) is 0 Å². The quantitative estimate of drug-likeness (QED) is 0.718. The monoisotopic (exact) mass is 268 g/mol. The summed E-state index contributed by atoms with van der Waals surface area (Å²) in [6.07, 6.45) is 2.08. The third kappa shape index (κ3) is 4.24. The van der Waals surface area contributed by atoms with Crippen LogP contribution in [0.25, 0.3) is 0 Å². The van der Waals surface area contributed by atoms with Crippen LogP contribution in [0, 0.1) is 5.92 Å². The first kappa shape index (κ1) is 15.5. The van der Waals surface area contributed by atoms with Crippen LogP contribution >= 0.6 is 0 Å². The Morgan fingerprint density at radius 2 is 2.26 bits per heavy atom. The number of rotatable bonds is 6. The number of carbonyl (C=O) groups is 1. The largest absolute Gasteiger partial charge is 0.396 e. The molecule has 0 aromatic carbocycles. The number of nitrogen functional groups attached to an aromatic ring is 1. The third-order valence-corrected chi connectivity index (χ3v) is 2.86. The van der Waals surface area contributed by atoms with E-state index in [-0.39, 0.29) is 12.5 Å². The summed E-state index contributed by atoms with van der Waals surface area (Å²) < 4.78 is 1.54. The van der Waals surface area contributed by atoms with Gasteiger partial charge in [-0.1, -0.05) is 13.8 Å². The SMILES string of the molecule is CCn1ncc(N)c1C(=O)NCC(C)(O)CC(C)C. The van der Waals surface area contributed by atoms with Crippen molar-refractivity contribution in [2.75, 3.05) is 12.3 Å². The average Bonchev–Trinajstić information content (AvgIpc) is 2.66. The van der Waals surface area contributed by atoms with Crippen molar-refractivity contribution in [3.8, 4) is 0 Å². The van der Waals surface area contributed by atoms with Crippen molar-refractivity contribution in [1.29, 1.82) is 0 Å². The second kappa shape index (κ2) is 6.06. The van der Waals surface area contributed by atoms with Gasteiger partial charge in [-0.05, 0) is 26.2 Å². The van der Waals surface area contributed by atoms with E-state index in [9.17, 15) is 9.90 Å². The Labute approximate surface area is 114 Å². The molecule has 0 spiro atoms. The van der Waals surface area contributed by atoms with E-state index in [1.54, 1.807) is 11.6 Å². The summed E-state index contributed by atoms with van der Waals surface area (Å²) in [5, 5.41) is 16.9. The first-order valence-electron chi connectivity index (χ1n) is 6.58. The van der Waals surface area contributed by atoms with Crippen LogP contribution in [0.1, 0.15) is 44.6 Å². The van der Waals surface area contributed by atoms with Gasteiger partial charge in [0.1, 0.15) is 5.69 Å². The van der Waals surface area contributed by atoms with Gasteiger partial charge < -0.3 is 16.2 Å². The molecule has 0 saturated heterocycles. The molecular weight excluding hydrogens is 244 g/mol. The van der Waals surface area contributed by atoms with E-state index in [1.807, 2.05) is 20.8 Å². The standard InChI is InChI=1S/C13H24N4O2/c1-5-17-11(10(14)7-16-17)12(18)15-8-13(4,19)6-9(2)3/h7,9,19H,5-6,8,14H2,1-4H3,(H,15,18). The maximum absolute atomic E-state index is 12.1. The molecule has 1 aromatic heterocycles. The number of aromatic nitrogens is 2. The molecule has 1 atom stereocenters. The first-order valence-corrected chi connectivity index (χ1v) is 6.58.